The van der Waals surface area contributed by atoms with E-state index < -0.39 is 11.9 Å². The van der Waals surface area contributed by atoms with Crippen LogP contribution in [0.25, 0.3) is 11.3 Å². The summed E-state index contributed by atoms with van der Waals surface area (Å²) in [5, 5.41) is 20.1. The highest BCUT2D eigenvalue weighted by Crippen LogP contribution is 2.33. The molecular weight excluding hydrogens is 406 g/mol. The number of carboxylic acids is 1. The third-order valence-corrected chi connectivity index (χ3v) is 6.05. The monoisotopic (exact) mass is 423 g/mol. The van der Waals surface area contributed by atoms with Gasteiger partial charge >= 0.3 is 5.97 Å². The van der Waals surface area contributed by atoms with E-state index in [0.29, 0.717) is 44.8 Å². The van der Waals surface area contributed by atoms with Gasteiger partial charge in [-0.05, 0) is 42.9 Å². The minimum Gasteiger partial charge on any atom is -0.494 e. The van der Waals surface area contributed by atoms with E-state index in [-0.39, 0.29) is 5.88 Å². The van der Waals surface area contributed by atoms with Crippen molar-refractivity contribution in [3.8, 4) is 17.2 Å². The molecule has 0 spiro atoms. The maximum absolute atomic E-state index is 11.0. The number of furan rings is 1. The summed E-state index contributed by atoms with van der Waals surface area (Å²) in [6.07, 6.45) is 0.789. The molecule has 0 fully saturated rings. The van der Waals surface area contributed by atoms with Crippen molar-refractivity contribution in [2.24, 2.45) is 5.92 Å². The van der Waals surface area contributed by atoms with Gasteiger partial charge in [0.25, 0.3) is 0 Å². The fourth-order valence-electron chi connectivity index (χ4n) is 2.64. The Morgan fingerprint density at radius 3 is 2.78 bits per heavy atom. The standard InChI is InChI=1S/C19H18ClNO4S2/c1-11(18(23)24)8-9-21-17(22)16(27-19(21)26)10-12-6-7-15(25-12)13-4-2-3-5-14(13)20/h2-7,11,22H,8-10H2,1H3,(H,23,24). The first-order chi connectivity index (χ1) is 12.9. The van der Waals surface area contributed by atoms with Crippen LogP contribution >= 0.6 is 35.2 Å². The number of benzene rings is 1. The van der Waals surface area contributed by atoms with Gasteiger partial charge in [0.1, 0.15) is 11.5 Å². The highest BCUT2D eigenvalue weighted by molar-refractivity contribution is 7.73. The average molecular weight is 424 g/mol. The van der Waals surface area contributed by atoms with Gasteiger partial charge in [-0.1, -0.05) is 30.7 Å². The van der Waals surface area contributed by atoms with Crippen LogP contribution in [0.1, 0.15) is 24.0 Å². The summed E-state index contributed by atoms with van der Waals surface area (Å²) in [4.78, 5) is 11.6. The topological polar surface area (TPSA) is 75.6 Å². The van der Waals surface area contributed by atoms with Crippen LogP contribution in [-0.2, 0) is 17.8 Å². The highest BCUT2D eigenvalue weighted by Gasteiger charge is 2.17. The molecule has 0 aliphatic heterocycles. The molecule has 1 atom stereocenters. The summed E-state index contributed by atoms with van der Waals surface area (Å²) in [7, 11) is 0. The van der Waals surface area contributed by atoms with Gasteiger partial charge < -0.3 is 14.6 Å². The fraction of sp³-hybridized carbons (Fsp3) is 0.263. The van der Waals surface area contributed by atoms with Gasteiger partial charge in [-0.15, -0.1) is 11.3 Å². The molecular formula is C19H18ClNO4S2. The zero-order valence-electron chi connectivity index (χ0n) is 14.5. The first kappa shape index (κ1) is 19.7. The third kappa shape index (κ3) is 4.43. The SMILES string of the molecule is CC(CCn1c(O)c(Cc2ccc(-c3ccccc3Cl)o2)sc1=S)C(=O)O. The van der Waals surface area contributed by atoms with Crippen LogP contribution < -0.4 is 0 Å². The van der Waals surface area contributed by atoms with Gasteiger partial charge in [0.2, 0.25) is 5.88 Å². The number of aliphatic carboxylic acids is 1. The van der Waals surface area contributed by atoms with Gasteiger partial charge in [0, 0.05) is 18.5 Å². The Bertz CT molecular complexity index is 1020. The number of thiazole rings is 1. The van der Waals surface area contributed by atoms with Crippen molar-refractivity contribution in [3.63, 3.8) is 0 Å². The summed E-state index contributed by atoms with van der Waals surface area (Å²) in [6.45, 7) is 1.99. The lowest BCUT2D eigenvalue weighted by atomic mass is 10.1. The summed E-state index contributed by atoms with van der Waals surface area (Å²) in [5.74, 6) is 0.0475. The number of aromatic hydroxyl groups is 1. The zero-order chi connectivity index (χ0) is 19.6. The predicted molar refractivity (Wildman–Crippen MR) is 108 cm³/mol. The Hall–Kier alpha value is -2.09. The molecule has 5 nitrogen and oxygen atoms in total. The first-order valence-corrected chi connectivity index (χ1v) is 9.95. The van der Waals surface area contributed by atoms with Crippen molar-refractivity contribution in [2.45, 2.75) is 26.3 Å². The summed E-state index contributed by atoms with van der Waals surface area (Å²) >= 11 is 12.8. The smallest absolute Gasteiger partial charge is 0.306 e. The number of hydrogen-bond donors (Lipinski definition) is 2. The van der Waals surface area contributed by atoms with Crippen LogP contribution in [0.2, 0.25) is 5.02 Å². The number of carboxylic acid groups (broad SMARTS) is 1. The van der Waals surface area contributed by atoms with E-state index in [1.807, 2.05) is 30.3 Å². The van der Waals surface area contributed by atoms with Crippen molar-refractivity contribution < 1.29 is 19.4 Å². The zero-order valence-corrected chi connectivity index (χ0v) is 16.9. The van der Waals surface area contributed by atoms with Crippen LogP contribution in [0, 0.1) is 9.87 Å². The highest BCUT2D eigenvalue weighted by atomic mass is 35.5. The van der Waals surface area contributed by atoms with Crippen LogP contribution in [0.4, 0.5) is 0 Å². The Kier molecular flexibility index (Phi) is 6.04. The van der Waals surface area contributed by atoms with E-state index in [1.54, 1.807) is 17.6 Å². The molecule has 0 saturated carbocycles. The molecule has 8 heteroatoms. The van der Waals surface area contributed by atoms with Gasteiger partial charge in [0.15, 0.2) is 3.95 Å². The van der Waals surface area contributed by atoms with Crippen LogP contribution in [0.5, 0.6) is 5.88 Å². The second kappa shape index (κ2) is 8.29. The summed E-state index contributed by atoms with van der Waals surface area (Å²) in [5.41, 5.74) is 0.808. The molecule has 0 amide bonds. The molecule has 0 bridgehead atoms. The number of aromatic nitrogens is 1. The van der Waals surface area contributed by atoms with Crippen molar-refractivity contribution >= 4 is 41.1 Å². The average Bonchev–Trinajstić information content (AvgIpc) is 3.19. The lowest BCUT2D eigenvalue weighted by Crippen LogP contribution is -2.12. The number of hydrogen-bond acceptors (Lipinski definition) is 5. The maximum Gasteiger partial charge on any atom is 0.306 e. The van der Waals surface area contributed by atoms with Gasteiger partial charge in [-0.25, -0.2) is 0 Å². The molecule has 2 aromatic heterocycles. The van der Waals surface area contributed by atoms with Crippen molar-refractivity contribution in [2.75, 3.05) is 0 Å². The quantitative estimate of drug-likeness (QED) is 0.484. The molecule has 27 heavy (non-hydrogen) atoms. The Morgan fingerprint density at radius 1 is 1.33 bits per heavy atom. The van der Waals surface area contributed by atoms with E-state index in [9.17, 15) is 9.90 Å². The van der Waals surface area contributed by atoms with E-state index in [2.05, 4.69) is 0 Å². The fourth-order valence-corrected chi connectivity index (χ4v) is 4.26. The van der Waals surface area contributed by atoms with Gasteiger partial charge in [-0.2, -0.15) is 0 Å². The van der Waals surface area contributed by atoms with Crippen molar-refractivity contribution in [1.29, 1.82) is 0 Å². The molecule has 142 valence electrons. The van der Waals surface area contributed by atoms with Gasteiger partial charge in [-0.3, -0.25) is 9.36 Å². The van der Waals surface area contributed by atoms with E-state index in [1.165, 1.54) is 11.3 Å². The lowest BCUT2D eigenvalue weighted by molar-refractivity contribution is -0.141. The number of halogens is 1. The van der Waals surface area contributed by atoms with E-state index >= 15 is 0 Å². The number of carbonyl (C=O) groups is 1. The molecule has 1 unspecified atom stereocenters. The number of nitrogens with zero attached hydrogens (tertiary/aromatic N) is 1. The van der Waals surface area contributed by atoms with Crippen LogP contribution in [0.3, 0.4) is 0 Å². The van der Waals surface area contributed by atoms with Crippen LogP contribution in [-0.4, -0.2) is 20.7 Å². The number of rotatable bonds is 7. The first-order valence-electron chi connectivity index (χ1n) is 8.34. The molecule has 1 aromatic carbocycles. The Balaban J connectivity index is 1.77. The molecule has 3 aromatic rings. The third-order valence-electron chi connectivity index (χ3n) is 4.28. The molecule has 0 saturated heterocycles. The summed E-state index contributed by atoms with van der Waals surface area (Å²) < 4.78 is 7.97. The predicted octanol–water partition coefficient (Wildman–Crippen LogP) is 5.60. The molecule has 0 radical (unpaired) electrons. The van der Waals surface area contributed by atoms with E-state index in [0.717, 1.165) is 5.56 Å². The van der Waals surface area contributed by atoms with E-state index in [4.69, 9.17) is 33.3 Å². The maximum atomic E-state index is 11.0. The largest absolute Gasteiger partial charge is 0.494 e. The Morgan fingerprint density at radius 2 is 2.07 bits per heavy atom. The molecule has 0 aliphatic carbocycles. The van der Waals surface area contributed by atoms with Crippen LogP contribution in [0.15, 0.2) is 40.8 Å². The molecule has 2 N–H and O–H groups in total. The molecule has 3 rings (SSSR count). The van der Waals surface area contributed by atoms with Crippen molar-refractivity contribution in [3.05, 3.63) is 56.0 Å². The second-order valence-electron chi connectivity index (χ2n) is 6.22. The Labute approximate surface area is 170 Å². The second-order valence-corrected chi connectivity index (χ2v) is 8.35. The molecule has 0 aliphatic rings. The van der Waals surface area contributed by atoms with Gasteiger partial charge in [0.05, 0.1) is 15.8 Å². The minimum absolute atomic E-state index is 0.0679. The molecule has 2 heterocycles. The summed E-state index contributed by atoms with van der Waals surface area (Å²) in [6, 6.07) is 11.1. The van der Waals surface area contributed by atoms with Crippen molar-refractivity contribution in [1.82, 2.24) is 4.57 Å². The minimum atomic E-state index is -0.862. The lowest BCUT2D eigenvalue weighted by Gasteiger charge is -2.08. The normalized spacial score (nSPS) is 12.2.